The van der Waals surface area contributed by atoms with Crippen molar-refractivity contribution in [3.8, 4) is 0 Å². The summed E-state index contributed by atoms with van der Waals surface area (Å²) in [4.78, 5) is 63.4. The standard InChI is InChI=1S/C20H31N5O5S/c1-24(19(29)15-4-3-11-31-15)8-2-5-17(27)25-9-6-13(7-10-25)21-18(28)14-12-16(26)23-20(30)22-14/h13-15H,2-12H2,1H3,(H,21,28)(H2,22,23,26,30)/t14-,15?/m0/s1. The van der Waals surface area contributed by atoms with Gasteiger partial charge in [0, 0.05) is 39.1 Å². The minimum Gasteiger partial charge on any atom is -0.351 e. The minimum absolute atomic E-state index is 0.0667. The first-order valence-electron chi connectivity index (χ1n) is 10.9. The van der Waals surface area contributed by atoms with Crippen LogP contribution in [0.4, 0.5) is 4.79 Å². The summed E-state index contributed by atoms with van der Waals surface area (Å²) >= 11 is 1.72. The molecule has 0 aromatic heterocycles. The Morgan fingerprint density at radius 2 is 1.94 bits per heavy atom. The summed E-state index contributed by atoms with van der Waals surface area (Å²) in [6.45, 7) is 1.68. The van der Waals surface area contributed by atoms with Gasteiger partial charge in [-0.2, -0.15) is 0 Å². The molecule has 0 aromatic carbocycles. The van der Waals surface area contributed by atoms with E-state index in [2.05, 4.69) is 16.0 Å². The second kappa shape index (κ2) is 10.8. The summed E-state index contributed by atoms with van der Waals surface area (Å²) in [6.07, 6.45) is 4.25. The van der Waals surface area contributed by atoms with Crippen molar-refractivity contribution in [3.63, 3.8) is 0 Å². The Hall–Kier alpha value is -2.30. The molecule has 3 fully saturated rings. The Morgan fingerprint density at radius 3 is 2.58 bits per heavy atom. The third-order valence-electron chi connectivity index (χ3n) is 5.92. The highest BCUT2D eigenvalue weighted by Gasteiger charge is 2.32. The largest absolute Gasteiger partial charge is 0.351 e. The van der Waals surface area contributed by atoms with E-state index in [1.807, 2.05) is 0 Å². The lowest BCUT2D eigenvalue weighted by molar-refractivity contribution is -0.134. The molecule has 172 valence electrons. The molecule has 10 nitrogen and oxygen atoms in total. The van der Waals surface area contributed by atoms with Crippen LogP contribution in [0.1, 0.15) is 44.9 Å². The maximum absolute atomic E-state index is 12.5. The number of thioether (sulfide) groups is 1. The number of imide groups is 1. The molecule has 1 unspecified atom stereocenters. The van der Waals surface area contributed by atoms with Crippen LogP contribution in [-0.4, -0.2) is 89.2 Å². The first-order valence-corrected chi connectivity index (χ1v) is 11.9. The Morgan fingerprint density at radius 1 is 1.19 bits per heavy atom. The third-order valence-corrected chi connectivity index (χ3v) is 7.29. The normalized spacial score (nSPS) is 24.4. The number of nitrogens with zero attached hydrogens (tertiary/aromatic N) is 2. The number of hydrogen-bond donors (Lipinski definition) is 3. The Bertz CT molecular complexity index is 703. The van der Waals surface area contributed by atoms with Crippen molar-refractivity contribution >= 4 is 41.4 Å². The van der Waals surface area contributed by atoms with E-state index in [9.17, 15) is 24.0 Å². The van der Waals surface area contributed by atoms with E-state index >= 15 is 0 Å². The fourth-order valence-corrected chi connectivity index (χ4v) is 5.37. The number of amides is 6. The highest BCUT2D eigenvalue weighted by atomic mass is 32.2. The van der Waals surface area contributed by atoms with E-state index < -0.39 is 18.0 Å². The van der Waals surface area contributed by atoms with Crippen molar-refractivity contribution in [1.82, 2.24) is 25.8 Å². The van der Waals surface area contributed by atoms with Crippen molar-refractivity contribution in [3.05, 3.63) is 0 Å². The quantitative estimate of drug-likeness (QED) is 0.491. The van der Waals surface area contributed by atoms with Crippen LogP contribution in [0.5, 0.6) is 0 Å². The van der Waals surface area contributed by atoms with E-state index in [1.165, 1.54) is 0 Å². The van der Waals surface area contributed by atoms with Gasteiger partial charge in [-0.3, -0.25) is 24.5 Å². The number of nitrogens with one attached hydrogen (secondary N) is 3. The van der Waals surface area contributed by atoms with Crippen LogP contribution < -0.4 is 16.0 Å². The molecule has 0 aliphatic carbocycles. The maximum atomic E-state index is 12.5. The predicted molar refractivity (Wildman–Crippen MR) is 115 cm³/mol. The van der Waals surface area contributed by atoms with Crippen LogP contribution in [0.25, 0.3) is 0 Å². The predicted octanol–water partition coefficient (Wildman–Crippen LogP) is -0.174. The average Bonchev–Trinajstić information content (AvgIpc) is 3.27. The van der Waals surface area contributed by atoms with Crippen molar-refractivity contribution in [1.29, 1.82) is 0 Å². The van der Waals surface area contributed by atoms with Gasteiger partial charge in [-0.1, -0.05) is 0 Å². The topological polar surface area (TPSA) is 128 Å². The first-order chi connectivity index (χ1) is 14.8. The van der Waals surface area contributed by atoms with Gasteiger partial charge in [0.05, 0.1) is 11.7 Å². The molecule has 11 heteroatoms. The number of piperidine rings is 1. The van der Waals surface area contributed by atoms with E-state index in [1.54, 1.807) is 28.6 Å². The molecule has 3 heterocycles. The molecule has 3 aliphatic heterocycles. The van der Waals surface area contributed by atoms with Crippen molar-refractivity contribution < 1.29 is 24.0 Å². The number of rotatable bonds is 7. The van der Waals surface area contributed by atoms with Gasteiger partial charge < -0.3 is 20.4 Å². The molecule has 31 heavy (non-hydrogen) atoms. The molecule has 2 atom stereocenters. The molecule has 0 bridgehead atoms. The van der Waals surface area contributed by atoms with Crippen LogP contribution in [0, 0.1) is 0 Å². The summed E-state index contributed by atoms with van der Waals surface area (Å²) < 4.78 is 0. The highest BCUT2D eigenvalue weighted by Crippen LogP contribution is 2.27. The molecule has 3 saturated heterocycles. The molecule has 3 aliphatic rings. The number of carbonyl (C=O) groups excluding carboxylic acids is 5. The SMILES string of the molecule is CN(CCCC(=O)N1CCC(NC(=O)[C@@H]2CC(=O)NC(=O)N2)CC1)C(=O)C1CCCS1. The zero-order valence-electron chi connectivity index (χ0n) is 17.9. The second-order valence-electron chi connectivity index (χ2n) is 8.31. The molecule has 3 N–H and O–H groups in total. The third kappa shape index (κ3) is 6.59. The Labute approximate surface area is 186 Å². The highest BCUT2D eigenvalue weighted by molar-refractivity contribution is 8.00. The van der Waals surface area contributed by atoms with Gasteiger partial charge in [0.25, 0.3) is 0 Å². The van der Waals surface area contributed by atoms with Gasteiger partial charge in [0.15, 0.2) is 0 Å². The number of carbonyl (C=O) groups is 5. The van der Waals surface area contributed by atoms with Gasteiger partial charge in [-0.05, 0) is 37.9 Å². The summed E-state index contributed by atoms with van der Waals surface area (Å²) in [5, 5.41) is 7.48. The van der Waals surface area contributed by atoms with Gasteiger partial charge in [-0.25, -0.2) is 4.79 Å². The van der Waals surface area contributed by atoms with Crippen molar-refractivity contribution in [2.75, 3.05) is 32.4 Å². The maximum Gasteiger partial charge on any atom is 0.322 e. The van der Waals surface area contributed by atoms with E-state index in [0.29, 0.717) is 45.3 Å². The van der Waals surface area contributed by atoms with Crippen LogP contribution in [-0.2, 0) is 19.2 Å². The van der Waals surface area contributed by atoms with Crippen LogP contribution >= 0.6 is 11.8 Å². The first kappa shape index (κ1) is 23.4. The Balaban J connectivity index is 1.33. The minimum atomic E-state index is -0.858. The molecule has 0 aromatic rings. The lowest BCUT2D eigenvalue weighted by Crippen LogP contribution is -2.59. The van der Waals surface area contributed by atoms with Gasteiger partial charge in [0.2, 0.25) is 23.6 Å². The average molecular weight is 454 g/mol. The van der Waals surface area contributed by atoms with Crippen LogP contribution in [0.2, 0.25) is 0 Å². The molecular weight excluding hydrogens is 422 g/mol. The number of urea groups is 1. The van der Waals surface area contributed by atoms with Crippen molar-refractivity contribution in [2.24, 2.45) is 0 Å². The fraction of sp³-hybridized carbons (Fsp3) is 0.750. The molecule has 3 rings (SSSR count). The van der Waals surface area contributed by atoms with Gasteiger partial charge in [0.1, 0.15) is 6.04 Å². The molecule has 0 spiro atoms. The summed E-state index contributed by atoms with van der Waals surface area (Å²) in [7, 11) is 1.80. The second-order valence-corrected chi connectivity index (χ2v) is 9.62. The molecule has 0 radical (unpaired) electrons. The van der Waals surface area contributed by atoms with E-state index in [-0.39, 0.29) is 35.4 Å². The van der Waals surface area contributed by atoms with Gasteiger partial charge in [-0.15, -0.1) is 11.8 Å². The lowest BCUT2D eigenvalue weighted by atomic mass is 10.0. The van der Waals surface area contributed by atoms with Crippen LogP contribution in [0.15, 0.2) is 0 Å². The van der Waals surface area contributed by atoms with E-state index in [0.717, 1.165) is 18.6 Å². The van der Waals surface area contributed by atoms with E-state index in [4.69, 9.17) is 0 Å². The van der Waals surface area contributed by atoms with Gasteiger partial charge >= 0.3 is 6.03 Å². The summed E-state index contributed by atoms with van der Waals surface area (Å²) in [5.74, 6) is 0.430. The molecule has 0 saturated carbocycles. The lowest BCUT2D eigenvalue weighted by Gasteiger charge is -2.33. The summed E-state index contributed by atoms with van der Waals surface area (Å²) in [6, 6.07) is -1.61. The van der Waals surface area contributed by atoms with Crippen LogP contribution in [0.3, 0.4) is 0 Å². The summed E-state index contributed by atoms with van der Waals surface area (Å²) in [5.41, 5.74) is 0. The fourth-order valence-electron chi connectivity index (χ4n) is 4.10. The zero-order chi connectivity index (χ0) is 22.4. The molecule has 6 amide bonds. The molecular formula is C20H31N5O5S. The monoisotopic (exact) mass is 453 g/mol. The number of likely N-dealkylation sites (tertiary alicyclic amines) is 1. The smallest absolute Gasteiger partial charge is 0.322 e. The van der Waals surface area contributed by atoms with Crippen molar-refractivity contribution in [2.45, 2.75) is 62.3 Å². The zero-order valence-corrected chi connectivity index (χ0v) is 18.7. The number of hydrogen-bond acceptors (Lipinski definition) is 6. The Kier molecular flexibility index (Phi) is 8.16.